The van der Waals surface area contributed by atoms with E-state index in [0.717, 1.165) is 5.13 Å². The predicted octanol–water partition coefficient (Wildman–Crippen LogP) is 3.35. The molecule has 1 rings (SSSR count). The smallest absolute Gasteiger partial charge is 0.185 e. The van der Waals surface area contributed by atoms with Crippen molar-refractivity contribution in [1.29, 1.82) is 0 Å². The van der Waals surface area contributed by atoms with Gasteiger partial charge in [0.25, 0.3) is 0 Å². The van der Waals surface area contributed by atoms with Crippen LogP contribution in [0.1, 0.15) is 57.0 Å². The zero-order valence-electron chi connectivity index (χ0n) is 11.7. The second-order valence-corrected chi connectivity index (χ2v) is 5.97. The monoisotopic (exact) mass is 255 g/mol. The molecule has 17 heavy (non-hydrogen) atoms. The highest BCUT2D eigenvalue weighted by Gasteiger charge is 2.18. The number of nitrogens with zero attached hydrogens (tertiary/aromatic N) is 2. The Balaban J connectivity index is 2.91. The number of nitrogens with two attached hydrogens (primary N) is 1. The average molecular weight is 255 g/mol. The Morgan fingerprint density at radius 2 is 2.00 bits per heavy atom. The van der Waals surface area contributed by atoms with Crippen LogP contribution < -0.4 is 10.6 Å². The standard InChI is InChI=1S/C13H25N3S/c1-6-7-10(4)16(5)13-15-12(9(2)3)11(8-14)17-13/h9-10H,6-8,14H2,1-5H3. The van der Waals surface area contributed by atoms with Gasteiger partial charge in [0.05, 0.1) is 5.69 Å². The molecule has 1 aromatic heterocycles. The summed E-state index contributed by atoms with van der Waals surface area (Å²) in [5.41, 5.74) is 6.96. The van der Waals surface area contributed by atoms with E-state index < -0.39 is 0 Å². The van der Waals surface area contributed by atoms with Gasteiger partial charge in [-0.15, -0.1) is 11.3 Å². The summed E-state index contributed by atoms with van der Waals surface area (Å²) in [6, 6.07) is 0.539. The second kappa shape index (κ2) is 6.36. The maximum absolute atomic E-state index is 5.79. The van der Waals surface area contributed by atoms with E-state index in [4.69, 9.17) is 10.7 Å². The first kappa shape index (κ1) is 14.5. The summed E-state index contributed by atoms with van der Waals surface area (Å²) in [6.07, 6.45) is 2.41. The topological polar surface area (TPSA) is 42.2 Å². The molecule has 98 valence electrons. The van der Waals surface area contributed by atoms with Crippen LogP contribution in [0.25, 0.3) is 0 Å². The molecule has 1 aromatic rings. The molecule has 0 aromatic carbocycles. The van der Waals surface area contributed by atoms with Gasteiger partial charge in [0.2, 0.25) is 0 Å². The van der Waals surface area contributed by atoms with E-state index in [1.54, 1.807) is 11.3 Å². The van der Waals surface area contributed by atoms with Crippen molar-refractivity contribution in [2.75, 3.05) is 11.9 Å². The summed E-state index contributed by atoms with van der Waals surface area (Å²) in [7, 11) is 2.13. The Hall–Kier alpha value is -0.610. The maximum Gasteiger partial charge on any atom is 0.185 e. The van der Waals surface area contributed by atoms with Gasteiger partial charge < -0.3 is 10.6 Å². The van der Waals surface area contributed by atoms with Gasteiger partial charge in [-0.3, -0.25) is 0 Å². The molecule has 0 bridgehead atoms. The van der Waals surface area contributed by atoms with Crippen molar-refractivity contribution >= 4 is 16.5 Å². The first-order chi connectivity index (χ1) is 8.01. The Kier molecular flexibility index (Phi) is 5.40. The van der Waals surface area contributed by atoms with Crippen LogP contribution in [-0.4, -0.2) is 18.1 Å². The molecular weight excluding hydrogens is 230 g/mol. The fourth-order valence-electron chi connectivity index (χ4n) is 1.90. The van der Waals surface area contributed by atoms with E-state index in [1.807, 2.05) is 0 Å². The number of aromatic nitrogens is 1. The van der Waals surface area contributed by atoms with Crippen molar-refractivity contribution < 1.29 is 0 Å². The molecule has 0 radical (unpaired) electrons. The van der Waals surface area contributed by atoms with Gasteiger partial charge in [0.15, 0.2) is 5.13 Å². The molecule has 0 fully saturated rings. The van der Waals surface area contributed by atoms with Gasteiger partial charge >= 0.3 is 0 Å². The molecule has 3 nitrogen and oxygen atoms in total. The van der Waals surface area contributed by atoms with Crippen LogP contribution in [0.2, 0.25) is 0 Å². The minimum atomic E-state index is 0.452. The van der Waals surface area contributed by atoms with Crippen LogP contribution in [-0.2, 0) is 6.54 Å². The first-order valence-electron chi connectivity index (χ1n) is 6.43. The Bertz CT molecular complexity index is 346. The predicted molar refractivity (Wildman–Crippen MR) is 76.9 cm³/mol. The van der Waals surface area contributed by atoms with Gasteiger partial charge in [-0.25, -0.2) is 4.98 Å². The number of anilines is 1. The Morgan fingerprint density at radius 1 is 1.35 bits per heavy atom. The lowest BCUT2D eigenvalue weighted by atomic mass is 10.1. The third-order valence-electron chi connectivity index (χ3n) is 3.12. The maximum atomic E-state index is 5.79. The zero-order valence-corrected chi connectivity index (χ0v) is 12.5. The van der Waals surface area contributed by atoms with Gasteiger partial charge in [-0.05, 0) is 19.3 Å². The van der Waals surface area contributed by atoms with Gasteiger partial charge in [0, 0.05) is 24.5 Å². The molecule has 0 aliphatic heterocycles. The fourth-order valence-corrected chi connectivity index (χ4v) is 3.06. The zero-order chi connectivity index (χ0) is 13.0. The van der Waals surface area contributed by atoms with E-state index in [0.29, 0.717) is 18.5 Å². The highest BCUT2D eigenvalue weighted by Crippen LogP contribution is 2.31. The molecule has 0 aliphatic rings. The van der Waals surface area contributed by atoms with Crippen LogP contribution >= 0.6 is 11.3 Å². The Morgan fingerprint density at radius 3 is 2.41 bits per heavy atom. The Labute approximate surface area is 109 Å². The minimum Gasteiger partial charge on any atom is -0.348 e. The van der Waals surface area contributed by atoms with Crippen molar-refractivity contribution in [3.8, 4) is 0 Å². The van der Waals surface area contributed by atoms with Gasteiger partial charge in [0.1, 0.15) is 0 Å². The lowest BCUT2D eigenvalue weighted by Gasteiger charge is -2.23. The van der Waals surface area contributed by atoms with Crippen molar-refractivity contribution in [2.45, 2.75) is 59.0 Å². The van der Waals surface area contributed by atoms with Crippen LogP contribution in [0.5, 0.6) is 0 Å². The fraction of sp³-hybridized carbons (Fsp3) is 0.769. The van der Waals surface area contributed by atoms with Crippen LogP contribution in [0.3, 0.4) is 0 Å². The van der Waals surface area contributed by atoms with Crippen molar-refractivity contribution in [2.24, 2.45) is 5.73 Å². The molecular formula is C13H25N3S. The van der Waals surface area contributed by atoms with Crippen molar-refractivity contribution in [1.82, 2.24) is 4.98 Å². The molecule has 0 saturated carbocycles. The molecule has 0 aliphatic carbocycles. The number of thiazole rings is 1. The molecule has 1 heterocycles. The molecule has 4 heteroatoms. The van der Waals surface area contributed by atoms with E-state index in [-0.39, 0.29) is 0 Å². The van der Waals surface area contributed by atoms with Crippen molar-refractivity contribution in [3.63, 3.8) is 0 Å². The second-order valence-electron chi connectivity index (χ2n) is 4.91. The third-order valence-corrected chi connectivity index (χ3v) is 4.30. The molecule has 0 spiro atoms. The van der Waals surface area contributed by atoms with E-state index in [2.05, 4.69) is 39.6 Å². The van der Waals surface area contributed by atoms with Gasteiger partial charge in [-0.1, -0.05) is 27.2 Å². The lowest BCUT2D eigenvalue weighted by Crippen LogP contribution is -2.28. The van der Waals surface area contributed by atoms with Crippen LogP contribution in [0, 0.1) is 0 Å². The van der Waals surface area contributed by atoms with Gasteiger partial charge in [-0.2, -0.15) is 0 Å². The normalized spacial score (nSPS) is 13.1. The SMILES string of the molecule is CCCC(C)N(C)c1nc(C(C)C)c(CN)s1. The molecule has 1 unspecified atom stereocenters. The summed E-state index contributed by atoms with van der Waals surface area (Å²) >= 11 is 1.74. The van der Waals surface area contributed by atoms with E-state index >= 15 is 0 Å². The summed E-state index contributed by atoms with van der Waals surface area (Å²) in [5.74, 6) is 0.452. The number of hydrogen-bond acceptors (Lipinski definition) is 4. The molecule has 1 atom stereocenters. The van der Waals surface area contributed by atoms with E-state index in [1.165, 1.54) is 23.4 Å². The molecule has 2 N–H and O–H groups in total. The highest BCUT2D eigenvalue weighted by molar-refractivity contribution is 7.15. The summed E-state index contributed by atoms with van der Waals surface area (Å²) in [4.78, 5) is 8.25. The summed E-state index contributed by atoms with van der Waals surface area (Å²) in [5, 5.41) is 1.11. The van der Waals surface area contributed by atoms with Crippen LogP contribution in [0.15, 0.2) is 0 Å². The van der Waals surface area contributed by atoms with Crippen molar-refractivity contribution in [3.05, 3.63) is 10.6 Å². The summed E-state index contributed by atoms with van der Waals surface area (Å²) < 4.78 is 0. The molecule has 0 saturated heterocycles. The quantitative estimate of drug-likeness (QED) is 0.847. The highest BCUT2D eigenvalue weighted by atomic mass is 32.1. The largest absolute Gasteiger partial charge is 0.348 e. The number of rotatable bonds is 6. The third kappa shape index (κ3) is 3.42. The average Bonchev–Trinajstić information content (AvgIpc) is 2.72. The molecule has 0 amide bonds. The summed E-state index contributed by atoms with van der Waals surface area (Å²) in [6.45, 7) is 9.42. The lowest BCUT2D eigenvalue weighted by molar-refractivity contribution is 0.614. The number of hydrogen-bond donors (Lipinski definition) is 1. The minimum absolute atomic E-state index is 0.452. The van der Waals surface area contributed by atoms with E-state index in [9.17, 15) is 0 Å². The first-order valence-corrected chi connectivity index (χ1v) is 7.25. The van der Waals surface area contributed by atoms with Crippen LogP contribution in [0.4, 0.5) is 5.13 Å².